The fourth-order valence-electron chi connectivity index (χ4n) is 3.66. The summed E-state index contributed by atoms with van der Waals surface area (Å²) in [4.78, 5) is 20.1. The maximum Gasteiger partial charge on any atom is 0.298 e. The first kappa shape index (κ1) is 20.2. The van der Waals surface area contributed by atoms with Gasteiger partial charge in [0.05, 0.1) is 30.1 Å². The van der Waals surface area contributed by atoms with Crippen molar-refractivity contribution in [2.24, 2.45) is 0 Å². The van der Waals surface area contributed by atoms with Crippen molar-refractivity contribution in [1.29, 1.82) is 5.26 Å². The molecular weight excluding hydrogens is 392 g/mol. The summed E-state index contributed by atoms with van der Waals surface area (Å²) in [7, 11) is 0. The van der Waals surface area contributed by atoms with Crippen molar-refractivity contribution in [1.82, 2.24) is 19.5 Å². The molecule has 4 heterocycles. The van der Waals surface area contributed by atoms with Crippen molar-refractivity contribution in [3.8, 4) is 35.3 Å². The molecule has 0 unspecified atom stereocenters. The number of hydrogen-bond donors (Lipinski definition) is 0. The van der Waals surface area contributed by atoms with Crippen LogP contribution in [0.2, 0.25) is 0 Å². The number of hydrogen-bond acceptors (Lipinski definition) is 6. The van der Waals surface area contributed by atoms with Gasteiger partial charge in [-0.05, 0) is 30.5 Å². The second-order valence-corrected chi connectivity index (χ2v) is 7.23. The Morgan fingerprint density at radius 2 is 2.06 bits per heavy atom. The number of fused-ring (bicyclic) bond motifs is 1. The molecule has 0 bridgehead atoms. The number of piperazine rings is 1. The van der Waals surface area contributed by atoms with Crippen molar-refractivity contribution in [2.75, 3.05) is 37.7 Å². The summed E-state index contributed by atoms with van der Waals surface area (Å²) in [6.07, 6.45) is 11.2. The first-order valence-electron chi connectivity index (χ1n) is 10.2. The van der Waals surface area contributed by atoms with Crippen molar-refractivity contribution in [2.45, 2.75) is 13.3 Å². The van der Waals surface area contributed by atoms with Crippen LogP contribution in [-0.2, 0) is 4.79 Å². The van der Waals surface area contributed by atoms with Crippen LogP contribution in [0.3, 0.4) is 0 Å². The first-order chi connectivity index (χ1) is 15.1. The number of nitriles is 1. The minimum atomic E-state index is -0.272. The average Bonchev–Trinajstić information content (AvgIpc) is 3.25. The number of nitrogens with zero attached hydrogens (tertiary/aromatic N) is 6. The Labute approximate surface area is 180 Å². The van der Waals surface area contributed by atoms with Crippen molar-refractivity contribution < 1.29 is 9.53 Å². The predicted molar refractivity (Wildman–Crippen MR) is 117 cm³/mol. The lowest BCUT2D eigenvalue weighted by Gasteiger charge is -2.34. The van der Waals surface area contributed by atoms with E-state index >= 15 is 0 Å². The number of rotatable bonds is 5. The van der Waals surface area contributed by atoms with Gasteiger partial charge in [-0.1, -0.05) is 6.92 Å². The molecule has 1 saturated heterocycles. The minimum Gasteiger partial charge on any atom is -0.492 e. The van der Waals surface area contributed by atoms with Crippen molar-refractivity contribution in [3.05, 3.63) is 42.4 Å². The smallest absolute Gasteiger partial charge is 0.298 e. The maximum atomic E-state index is 11.7. The monoisotopic (exact) mass is 414 g/mol. The molecule has 1 fully saturated rings. The van der Waals surface area contributed by atoms with Crippen LogP contribution in [0.15, 0.2) is 36.8 Å². The number of terminal acetylenes is 1. The van der Waals surface area contributed by atoms with E-state index in [0.29, 0.717) is 44.1 Å². The fourth-order valence-corrected chi connectivity index (χ4v) is 3.66. The van der Waals surface area contributed by atoms with Crippen LogP contribution in [0.1, 0.15) is 18.9 Å². The molecule has 3 aromatic rings. The number of pyridine rings is 2. The van der Waals surface area contributed by atoms with Crippen LogP contribution in [-0.4, -0.2) is 58.2 Å². The summed E-state index contributed by atoms with van der Waals surface area (Å²) in [5, 5.41) is 13.8. The number of aromatic nitrogens is 3. The Bertz CT molecular complexity index is 1180. The number of carbonyl (C=O) groups excluding carboxylic acids is 1. The van der Waals surface area contributed by atoms with Gasteiger partial charge in [-0.15, -0.1) is 6.42 Å². The highest BCUT2D eigenvalue weighted by molar-refractivity contribution is 5.93. The Morgan fingerprint density at radius 1 is 1.26 bits per heavy atom. The third-order valence-corrected chi connectivity index (χ3v) is 5.25. The fraction of sp³-hybridized carbons (Fsp3) is 0.304. The van der Waals surface area contributed by atoms with Crippen LogP contribution in [0, 0.1) is 23.7 Å². The highest BCUT2D eigenvalue weighted by Crippen LogP contribution is 2.31. The summed E-state index contributed by atoms with van der Waals surface area (Å²) in [5.41, 5.74) is 2.93. The third kappa shape index (κ3) is 4.01. The van der Waals surface area contributed by atoms with Gasteiger partial charge in [0.2, 0.25) is 0 Å². The summed E-state index contributed by atoms with van der Waals surface area (Å²) >= 11 is 0. The molecule has 0 radical (unpaired) electrons. The molecule has 0 N–H and O–H groups in total. The quantitative estimate of drug-likeness (QED) is 0.596. The molecule has 8 nitrogen and oxygen atoms in total. The zero-order chi connectivity index (χ0) is 21.8. The molecule has 156 valence electrons. The molecule has 1 aliphatic rings. The molecule has 0 aliphatic carbocycles. The lowest BCUT2D eigenvalue weighted by molar-refractivity contribution is -0.125. The lowest BCUT2D eigenvalue weighted by atomic mass is 10.1. The van der Waals surface area contributed by atoms with Gasteiger partial charge in [0.25, 0.3) is 5.91 Å². The topological polar surface area (TPSA) is 86.8 Å². The van der Waals surface area contributed by atoms with E-state index in [9.17, 15) is 10.1 Å². The standard InChI is InChI=1S/C23H22N6O2/c1-3-11-31-19-12-20(23-18(13-24)15-26-29(23)16-19)17-5-6-21(25-14-17)27-7-9-28(10-8-27)22(30)4-2/h2,5-6,12,14-16H,3,7-11H2,1H3. The van der Waals surface area contributed by atoms with Gasteiger partial charge < -0.3 is 14.5 Å². The van der Waals surface area contributed by atoms with E-state index in [4.69, 9.17) is 11.2 Å². The Hall–Kier alpha value is -4.04. The SMILES string of the molecule is C#CC(=O)N1CCN(c2ccc(-c3cc(OCCC)cn4ncc(C#N)c34)cn2)CC1. The van der Waals surface area contributed by atoms with Crippen LogP contribution in [0.5, 0.6) is 5.75 Å². The van der Waals surface area contributed by atoms with Crippen LogP contribution < -0.4 is 9.64 Å². The van der Waals surface area contributed by atoms with Crippen LogP contribution >= 0.6 is 0 Å². The lowest BCUT2D eigenvalue weighted by Crippen LogP contribution is -2.48. The third-order valence-electron chi connectivity index (χ3n) is 5.25. The normalized spacial score (nSPS) is 13.6. The number of amides is 1. The second-order valence-electron chi connectivity index (χ2n) is 7.23. The average molecular weight is 414 g/mol. The summed E-state index contributed by atoms with van der Waals surface area (Å²) in [6.45, 7) is 5.14. The molecule has 8 heteroatoms. The van der Waals surface area contributed by atoms with Crippen molar-refractivity contribution in [3.63, 3.8) is 0 Å². The Morgan fingerprint density at radius 3 is 2.71 bits per heavy atom. The number of ether oxygens (including phenoxy) is 1. The second kappa shape index (κ2) is 8.76. The molecule has 31 heavy (non-hydrogen) atoms. The zero-order valence-electron chi connectivity index (χ0n) is 17.3. The predicted octanol–water partition coefficient (Wildman–Crippen LogP) is 2.34. The van der Waals surface area contributed by atoms with E-state index in [1.807, 2.05) is 25.1 Å². The van der Waals surface area contributed by atoms with Crippen LogP contribution in [0.25, 0.3) is 16.6 Å². The molecule has 4 rings (SSSR count). The first-order valence-corrected chi connectivity index (χ1v) is 10.2. The highest BCUT2D eigenvalue weighted by Gasteiger charge is 2.21. The van der Waals surface area contributed by atoms with E-state index in [2.05, 4.69) is 27.0 Å². The van der Waals surface area contributed by atoms with E-state index < -0.39 is 0 Å². The Balaban J connectivity index is 1.62. The van der Waals surface area contributed by atoms with Gasteiger partial charge in [0.1, 0.15) is 17.6 Å². The molecular formula is C23H22N6O2. The van der Waals surface area contributed by atoms with E-state index in [1.54, 1.807) is 28.0 Å². The van der Waals surface area contributed by atoms with Gasteiger partial charge in [-0.25, -0.2) is 9.50 Å². The molecule has 1 amide bonds. The van der Waals surface area contributed by atoms with Crippen molar-refractivity contribution >= 4 is 17.2 Å². The van der Waals surface area contributed by atoms with Gasteiger partial charge >= 0.3 is 0 Å². The minimum absolute atomic E-state index is 0.272. The van der Waals surface area contributed by atoms with Gasteiger partial charge in [-0.3, -0.25) is 4.79 Å². The molecule has 3 aromatic heterocycles. The van der Waals surface area contributed by atoms with Gasteiger partial charge in [0.15, 0.2) is 0 Å². The summed E-state index contributed by atoms with van der Waals surface area (Å²) in [5.74, 6) is 3.42. The zero-order valence-corrected chi connectivity index (χ0v) is 17.3. The Kier molecular flexibility index (Phi) is 5.72. The molecule has 0 saturated carbocycles. The van der Waals surface area contributed by atoms with Crippen LogP contribution in [0.4, 0.5) is 5.82 Å². The highest BCUT2D eigenvalue weighted by atomic mass is 16.5. The van der Waals surface area contributed by atoms with Gasteiger partial charge in [0, 0.05) is 43.5 Å². The summed E-state index contributed by atoms with van der Waals surface area (Å²) < 4.78 is 7.48. The maximum absolute atomic E-state index is 11.7. The molecule has 0 atom stereocenters. The largest absolute Gasteiger partial charge is 0.492 e. The number of anilines is 1. The molecule has 0 spiro atoms. The summed E-state index contributed by atoms with van der Waals surface area (Å²) in [6, 6.07) is 8.06. The van der Waals surface area contributed by atoms with E-state index in [-0.39, 0.29) is 5.91 Å². The molecule has 0 aromatic carbocycles. The van der Waals surface area contributed by atoms with E-state index in [1.165, 1.54) is 0 Å². The number of carbonyl (C=O) groups is 1. The molecule has 1 aliphatic heterocycles. The van der Waals surface area contributed by atoms with Gasteiger partial charge in [-0.2, -0.15) is 10.4 Å². The van der Waals surface area contributed by atoms with E-state index in [0.717, 1.165) is 28.9 Å².